The van der Waals surface area contributed by atoms with Crippen LogP contribution in [0.4, 0.5) is 0 Å². The van der Waals surface area contributed by atoms with Gasteiger partial charge in [-0.3, -0.25) is 0 Å². The largest absolute Gasteiger partial charge is 0.344 e. The first-order chi connectivity index (χ1) is 3.56. The van der Waals surface area contributed by atoms with Crippen LogP contribution in [0.25, 0.3) is 0 Å². The Balaban J connectivity index is 3.11. The van der Waals surface area contributed by atoms with Crippen LogP contribution in [0.5, 0.6) is 0 Å². The molecule has 0 unspecified atom stereocenters. The van der Waals surface area contributed by atoms with E-state index in [4.69, 9.17) is 15.3 Å². The van der Waals surface area contributed by atoms with E-state index >= 15 is 0 Å². The molecule has 0 heterocycles. The van der Waals surface area contributed by atoms with Gasteiger partial charge in [-0.15, -0.1) is 0 Å². The van der Waals surface area contributed by atoms with Crippen molar-refractivity contribution in [3.05, 3.63) is 0 Å². The van der Waals surface area contributed by atoms with Gasteiger partial charge in [0, 0.05) is 15.6 Å². The van der Waals surface area contributed by atoms with Crippen LogP contribution in [0.2, 0.25) is 12.1 Å². The number of aliphatic hydroxyl groups is 3. The summed E-state index contributed by atoms with van der Waals surface area (Å²) in [7, 11) is -0.432. The number of hydrogen-bond acceptors (Lipinski definition) is 3. The van der Waals surface area contributed by atoms with Crippen LogP contribution in [-0.4, -0.2) is 30.8 Å². The van der Waals surface area contributed by atoms with Crippen molar-refractivity contribution in [3.63, 3.8) is 0 Å². The van der Waals surface area contributed by atoms with Crippen molar-refractivity contribution in [2.45, 2.75) is 25.0 Å². The lowest BCUT2D eigenvalue weighted by atomic mass is 10.7. The van der Waals surface area contributed by atoms with Crippen LogP contribution in [-0.2, 0) is 0 Å². The zero-order valence-corrected chi connectivity index (χ0v) is 6.38. The number of hydrogen-bond donors (Lipinski definition) is 3. The first-order valence-corrected chi connectivity index (χ1v) is 4.73. The summed E-state index contributed by atoms with van der Waals surface area (Å²) in [6.45, 7) is 1.97. The maximum Gasteiger partial charge on any atom is 0.272 e. The smallest absolute Gasteiger partial charge is 0.272 e. The molecule has 0 atom stereocenters. The van der Waals surface area contributed by atoms with Crippen LogP contribution in [0.15, 0.2) is 0 Å². The molecule has 0 aromatic carbocycles. The van der Waals surface area contributed by atoms with E-state index in [-0.39, 0.29) is 6.04 Å². The van der Waals surface area contributed by atoms with Crippen molar-refractivity contribution >= 4 is 9.52 Å². The minimum atomic E-state index is -2.39. The van der Waals surface area contributed by atoms with Gasteiger partial charge in [-0.05, 0) is 0 Å². The lowest BCUT2D eigenvalue weighted by molar-refractivity contribution is -0.296. The van der Waals surface area contributed by atoms with E-state index in [1.807, 2.05) is 6.92 Å². The SMILES string of the molecule is CC[SiH2]CC(O)(O)O. The molecular formula is C4H12O3Si. The molecule has 0 saturated carbocycles. The molecule has 0 rings (SSSR count). The molecule has 3 N–H and O–H groups in total. The Morgan fingerprint density at radius 3 is 2.00 bits per heavy atom. The van der Waals surface area contributed by atoms with Crippen LogP contribution < -0.4 is 0 Å². The Bertz CT molecular complexity index is 58.8. The van der Waals surface area contributed by atoms with Gasteiger partial charge in [-0.2, -0.15) is 0 Å². The maximum atomic E-state index is 8.29. The molecule has 0 aromatic rings. The highest BCUT2D eigenvalue weighted by molar-refractivity contribution is 6.35. The van der Waals surface area contributed by atoms with Gasteiger partial charge in [0.1, 0.15) is 0 Å². The molecule has 4 heteroatoms. The van der Waals surface area contributed by atoms with Crippen molar-refractivity contribution in [2.24, 2.45) is 0 Å². The fourth-order valence-electron chi connectivity index (χ4n) is 0.414. The summed E-state index contributed by atoms with van der Waals surface area (Å²) in [5, 5.41) is 24.9. The Hall–Kier alpha value is 0.0969. The van der Waals surface area contributed by atoms with Crippen LogP contribution >= 0.6 is 0 Å². The highest BCUT2D eigenvalue weighted by Gasteiger charge is 2.15. The second-order valence-electron chi connectivity index (χ2n) is 1.88. The zero-order valence-electron chi connectivity index (χ0n) is 4.96. The van der Waals surface area contributed by atoms with Crippen molar-refractivity contribution in [3.8, 4) is 0 Å². The van der Waals surface area contributed by atoms with E-state index in [1.54, 1.807) is 0 Å². The zero-order chi connectivity index (χ0) is 6.62. The predicted molar refractivity (Wildman–Crippen MR) is 33.2 cm³/mol. The highest BCUT2D eigenvalue weighted by atomic mass is 28.2. The molecule has 0 aliphatic rings. The van der Waals surface area contributed by atoms with E-state index in [9.17, 15) is 0 Å². The first-order valence-electron chi connectivity index (χ1n) is 2.73. The van der Waals surface area contributed by atoms with Crippen molar-refractivity contribution in [1.29, 1.82) is 0 Å². The van der Waals surface area contributed by atoms with E-state index in [0.29, 0.717) is 0 Å². The third-order valence-electron chi connectivity index (χ3n) is 0.866. The van der Waals surface area contributed by atoms with Crippen LogP contribution in [0.1, 0.15) is 6.92 Å². The summed E-state index contributed by atoms with van der Waals surface area (Å²) in [5.74, 6) is -2.39. The summed E-state index contributed by atoms with van der Waals surface area (Å²) in [4.78, 5) is 0. The predicted octanol–water partition coefficient (Wildman–Crippen LogP) is -1.36. The molecule has 0 bridgehead atoms. The first kappa shape index (κ1) is 8.10. The molecule has 0 aliphatic heterocycles. The van der Waals surface area contributed by atoms with Gasteiger partial charge < -0.3 is 15.3 Å². The average molecular weight is 136 g/mol. The van der Waals surface area contributed by atoms with E-state index < -0.39 is 15.5 Å². The van der Waals surface area contributed by atoms with Crippen molar-refractivity contribution < 1.29 is 15.3 Å². The Kier molecular flexibility index (Phi) is 3.23. The molecule has 3 nitrogen and oxygen atoms in total. The maximum absolute atomic E-state index is 8.29. The molecule has 0 fully saturated rings. The van der Waals surface area contributed by atoms with Gasteiger partial charge in [0.15, 0.2) is 0 Å². The van der Waals surface area contributed by atoms with E-state index in [2.05, 4.69) is 0 Å². The fourth-order valence-corrected chi connectivity index (χ4v) is 1.24. The summed E-state index contributed by atoms with van der Waals surface area (Å²) in [6, 6.07) is 1.16. The van der Waals surface area contributed by atoms with Gasteiger partial charge in [0.2, 0.25) is 0 Å². The lowest BCUT2D eigenvalue weighted by Crippen LogP contribution is -2.27. The molecule has 0 saturated heterocycles. The van der Waals surface area contributed by atoms with Crippen LogP contribution in [0.3, 0.4) is 0 Å². The second kappa shape index (κ2) is 3.19. The average Bonchev–Trinajstić information content (AvgIpc) is 1.59. The number of rotatable bonds is 3. The molecular weight excluding hydrogens is 124 g/mol. The quantitative estimate of drug-likeness (QED) is 0.332. The lowest BCUT2D eigenvalue weighted by Gasteiger charge is -2.11. The third-order valence-corrected chi connectivity index (χ3v) is 2.60. The normalized spacial score (nSPS) is 13.5. The van der Waals surface area contributed by atoms with Gasteiger partial charge in [0.05, 0.1) is 0 Å². The summed E-state index contributed by atoms with van der Waals surface area (Å²) in [5.41, 5.74) is 0. The second-order valence-corrected chi connectivity index (χ2v) is 4.09. The summed E-state index contributed by atoms with van der Waals surface area (Å²) < 4.78 is 0. The summed E-state index contributed by atoms with van der Waals surface area (Å²) in [6.07, 6.45) is 0. The van der Waals surface area contributed by atoms with Gasteiger partial charge in [0.25, 0.3) is 5.97 Å². The van der Waals surface area contributed by atoms with Gasteiger partial charge >= 0.3 is 0 Å². The molecule has 0 aromatic heterocycles. The molecule has 0 radical (unpaired) electrons. The Morgan fingerprint density at radius 1 is 1.38 bits per heavy atom. The fraction of sp³-hybridized carbons (Fsp3) is 1.00. The standard InChI is InChI=1S/C4H12O3Si/c1-2-8-3-4(5,6)7/h5-7H,2-3,8H2,1H3. The molecule has 0 amide bonds. The van der Waals surface area contributed by atoms with Crippen molar-refractivity contribution in [2.75, 3.05) is 0 Å². The summed E-state index contributed by atoms with van der Waals surface area (Å²) >= 11 is 0. The monoisotopic (exact) mass is 136 g/mol. The minimum absolute atomic E-state index is 0.170. The van der Waals surface area contributed by atoms with Gasteiger partial charge in [-0.1, -0.05) is 13.0 Å². The third kappa shape index (κ3) is 6.10. The van der Waals surface area contributed by atoms with Gasteiger partial charge in [-0.25, -0.2) is 0 Å². The minimum Gasteiger partial charge on any atom is -0.344 e. The topological polar surface area (TPSA) is 60.7 Å². The van der Waals surface area contributed by atoms with E-state index in [0.717, 1.165) is 6.04 Å². The van der Waals surface area contributed by atoms with Crippen molar-refractivity contribution in [1.82, 2.24) is 0 Å². The molecule has 0 aliphatic carbocycles. The van der Waals surface area contributed by atoms with Crippen LogP contribution in [0, 0.1) is 0 Å². The molecule has 8 heavy (non-hydrogen) atoms. The van der Waals surface area contributed by atoms with E-state index in [1.165, 1.54) is 0 Å². The Labute approximate surface area is 50.8 Å². The molecule has 0 spiro atoms. The molecule has 50 valence electrons. The Morgan fingerprint density at radius 2 is 1.88 bits per heavy atom. The highest BCUT2D eigenvalue weighted by Crippen LogP contribution is 1.99.